The van der Waals surface area contributed by atoms with Gasteiger partial charge in [0.15, 0.2) is 5.96 Å². The maximum absolute atomic E-state index is 12.4. The molecular weight excluding hydrogens is 354 g/mol. The lowest BCUT2D eigenvalue weighted by Gasteiger charge is -2.33. The zero-order chi connectivity index (χ0) is 20.7. The Kier molecular flexibility index (Phi) is 7.78. The lowest BCUT2D eigenvalue weighted by molar-refractivity contribution is 0.0170. The van der Waals surface area contributed by atoms with E-state index in [-0.39, 0.29) is 6.09 Å². The number of likely N-dealkylation sites (tertiary alicyclic amines) is 1. The number of nitrogens with zero attached hydrogens (tertiary/aromatic N) is 4. The van der Waals surface area contributed by atoms with Crippen molar-refractivity contribution in [1.82, 2.24) is 19.7 Å². The molecule has 1 N–H and O–H groups in total. The molecule has 0 aliphatic carbocycles. The number of hydrogen-bond donors (Lipinski definition) is 1. The van der Waals surface area contributed by atoms with Crippen LogP contribution >= 0.6 is 0 Å². The van der Waals surface area contributed by atoms with Crippen molar-refractivity contribution >= 4 is 12.1 Å². The molecule has 0 aromatic carbocycles. The van der Waals surface area contributed by atoms with Gasteiger partial charge in [0.2, 0.25) is 0 Å². The van der Waals surface area contributed by atoms with Gasteiger partial charge in [-0.15, -0.1) is 0 Å². The normalized spacial score (nSPS) is 18.1. The van der Waals surface area contributed by atoms with E-state index in [9.17, 15) is 4.79 Å². The molecule has 1 amide bonds. The molecule has 28 heavy (non-hydrogen) atoms. The van der Waals surface area contributed by atoms with Crippen LogP contribution in [0.4, 0.5) is 4.79 Å². The Morgan fingerprint density at radius 2 is 2.18 bits per heavy atom. The van der Waals surface area contributed by atoms with E-state index in [4.69, 9.17) is 9.73 Å². The number of amides is 1. The zero-order valence-electron chi connectivity index (χ0n) is 18.4. The molecule has 1 atom stereocenters. The van der Waals surface area contributed by atoms with Crippen molar-refractivity contribution in [2.75, 3.05) is 33.2 Å². The van der Waals surface area contributed by atoms with Crippen molar-refractivity contribution in [3.05, 3.63) is 24.0 Å². The van der Waals surface area contributed by atoms with E-state index in [1.54, 1.807) is 0 Å². The van der Waals surface area contributed by atoms with Gasteiger partial charge in [-0.3, -0.25) is 4.99 Å². The third kappa shape index (κ3) is 6.77. The third-order valence-electron chi connectivity index (χ3n) is 4.82. The minimum Gasteiger partial charge on any atom is -0.444 e. The molecule has 158 valence electrons. The largest absolute Gasteiger partial charge is 0.444 e. The molecule has 1 saturated heterocycles. The summed E-state index contributed by atoms with van der Waals surface area (Å²) >= 11 is 0. The van der Waals surface area contributed by atoms with Crippen LogP contribution in [0.3, 0.4) is 0 Å². The van der Waals surface area contributed by atoms with Gasteiger partial charge in [-0.05, 0) is 58.6 Å². The van der Waals surface area contributed by atoms with Crippen LogP contribution in [0.15, 0.2) is 23.3 Å². The maximum Gasteiger partial charge on any atom is 0.410 e. The van der Waals surface area contributed by atoms with Crippen molar-refractivity contribution < 1.29 is 9.53 Å². The number of aryl methyl sites for hydroxylation is 1. The van der Waals surface area contributed by atoms with Crippen LogP contribution in [0.25, 0.3) is 0 Å². The molecule has 1 aromatic rings. The molecular formula is C21H37N5O2. The molecule has 1 aliphatic heterocycles. The lowest BCUT2D eigenvalue weighted by atomic mass is 9.98. The average molecular weight is 392 g/mol. The van der Waals surface area contributed by atoms with E-state index in [1.807, 2.05) is 25.7 Å². The van der Waals surface area contributed by atoms with E-state index >= 15 is 0 Å². The molecule has 7 heteroatoms. The molecule has 7 nitrogen and oxygen atoms in total. The second kappa shape index (κ2) is 9.85. The predicted molar refractivity (Wildman–Crippen MR) is 113 cm³/mol. The number of hydrogen-bond acceptors (Lipinski definition) is 3. The highest BCUT2D eigenvalue weighted by molar-refractivity contribution is 5.79. The number of guanidine groups is 1. The summed E-state index contributed by atoms with van der Waals surface area (Å²) in [6.07, 6.45) is 3.92. The van der Waals surface area contributed by atoms with E-state index < -0.39 is 5.60 Å². The first-order valence-electron chi connectivity index (χ1n) is 10.3. The highest BCUT2D eigenvalue weighted by Gasteiger charge is 2.27. The van der Waals surface area contributed by atoms with E-state index in [0.29, 0.717) is 19.0 Å². The van der Waals surface area contributed by atoms with Gasteiger partial charge >= 0.3 is 6.09 Å². The highest BCUT2D eigenvalue weighted by atomic mass is 16.6. The van der Waals surface area contributed by atoms with Gasteiger partial charge in [0.05, 0.1) is 6.54 Å². The Bertz CT molecular complexity index is 662. The fraction of sp³-hybridized carbons (Fsp3) is 0.714. The van der Waals surface area contributed by atoms with Gasteiger partial charge in [-0.1, -0.05) is 0 Å². The second-order valence-electron chi connectivity index (χ2n) is 8.60. The number of carbonyl (C=O) groups excluding carboxylic acids is 1. The van der Waals surface area contributed by atoms with Crippen LogP contribution in [-0.4, -0.2) is 65.2 Å². The molecule has 1 aromatic heterocycles. The quantitative estimate of drug-likeness (QED) is 0.619. The SMILES string of the molecule is CCNC(=NCC1CCCN(C(=O)OC(C)(C)C)C1)N(C)Cc1cccn1C. The second-order valence-corrected chi connectivity index (χ2v) is 8.60. The Balaban J connectivity index is 1.95. The maximum atomic E-state index is 12.4. The Hall–Kier alpha value is -2.18. The molecule has 1 aliphatic rings. The van der Waals surface area contributed by atoms with E-state index in [0.717, 1.165) is 38.4 Å². The van der Waals surface area contributed by atoms with Crippen molar-refractivity contribution in [2.24, 2.45) is 18.0 Å². The Morgan fingerprint density at radius 1 is 1.43 bits per heavy atom. The molecule has 2 heterocycles. The first-order valence-corrected chi connectivity index (χ1v) is 10.3. The fourth-order valence-electron chi connectivity index (χ4n) is 3.37. The average Bonchev–Trinajstić information content (AvgIpc) is 3.02. The highest BCUT2D eigenvalue weighted by Crippen LogP contribution is 2.19. The molecule has 2 rings (SSSR count). The van der Waals surface area contributed by atoms with Crippen molar-refractivity contribution in [3.8, 4) is 0 Å². The molecule has 0 spiro atoms. The zero-order valence-corrected chi connectivity index (χ0v) is 18.4. The summed E-state index contributed by atoms with van der Waals surface area (Å²) in [7, 11) is 4.11. The topological polar surface area (TPSA) is 62.1 Å². The smallest absolute Gasteiger partial charge is 0.410 e. The first-order chi connectivity index (χ1) is 13.2. The summed E-state index contributed by atoms with van der Waals surface area (Å²) in [4.78, 5) is 21.2. The summed E-state index contributed by atoms with van der Waals surface area (Å²) < 4.78 is 7.65. The summed E-state index contributed by atoms with van der Waals surface area (Å²) in [6, 6.07) is 4.18. The van der Waals surface area contributed by atoms with E-state index in [1.165, 1.54) is 5.69 Å². The summed E-state index contributed by atoms with van der Waals surface area (Å²) in [5.74, 6) is 1.26. The summed E-state index contributed by atoms with van der Waals surface area (Å²) in [5.41, 5.74) is 0.780. The van der Waals surface area contributed by atoms with Crippen LogP contribution in [-0.2, 0) is 18.3 Å². The number of aliphatic imine (C=N–C) groups is 1. The van der Waals surface area contributed by atoms with Crippen LogP contribution in [0, 0.1) is 5.92 Å². The minimum absolute atomic E-state index is 0.214. The molecule has 0 bridgehead atoms. The Labute approximate surface area is 169 Å². The van der Waals surface area contributed by atoms with Crippen molar-refractivity contribution in [1.29, 1.82) is 0 Å². The number of carbonyl (C=O) groups is 1. The van der Waals surface area contributed by atoms with Gasteiger partial charge in [-0.2, -0.15) is 0 Å². The van der Waals surface area contributed by atoms with Crippen molar-refractivity contribution in [2.45, 2.75) is 52.7 Å². The van der Waals surface area contributed by atoms with Gasteiger partial charge in [0.25, 0.3) is 0 Å². The fourth-order valence-corrected chi connectivity index (χ4v) is 3.37. The number of aromatic nitrogens is 1. The number of nitrogens with one attached hydrogen (secondary N) is 1. The number of ether oxygens (including phenoxy) is 1. The van der Waals surface area contributed by atoms with Gasteiger partial charge in [0, 0.05) is 52.2 Å². The molecule has 0 radical (unpaired) electrons. The Morgan fingerprint density at radius 3 is 2.79 bits per heavy atom. The van der Waals surface area contributed by atoms with Gasteiger partial charge < -0.3 is 24.4 Å². The van der Waals surface area contributed by atoms with Crippen LogP contribution in [0.2, 0.25) is 0 Å². The first kappa shape index (κ1) is 22.1. The summed E-state index contributed by atoms with van der Waals surface area (Å²) in [6.45, 7) is 11.6. The summed E-state index contributed by atoms with van der Waals surface area (Å²) in [5, 5.41) is 3.38. The predicted octanol–water partition coefficient (Wildman–Crippen LogP) is 3.07. The minimum atomic E-state index is -0.458. The molecule has 0 saturated carbocycles. The van der Waals surface area contributed by atoms with Crippen LogP contribution < -0.4 is 5.32 Å². The van der Waals surface area contributed by atoms with Gasteiger partial charge in [-0.25, -0.2) is 4.79 Å². The van der Waals surface area contributed by atoms with Crippen molar-refractivity contribution in [3.63, 3.8) is 0 Å². The number of piperidine rings is 1. The molecule has 1 unspecified atom stereocenters. The van der Waals surface area contributed by atoms with Crippen LogP contribution in [0.5, 0.6) is 0 Å². The third-order valence-corrected chi connectivity index (χ3v) is 4.82. The van der Waals surface area contributed by atoms with E-state index in [2.05, 4.69) is 54.1 Å². The monoisotopic (exact) mass is 391 g/mol. The lowest BCUT2D eigenvalue weighted by Crippen LogP contribution is -2.44. The number of rotatable bonds is 5. The molecule has 1 fully saturated rings. The van der Waals surface area contributed by atoms with Crippen LogP contribution in [0.1, 0.15) is 46.2 Å². The van der Waals surface area contributed by atoms with Gasteiger partial charge in [0.1, 0.15) is 5.60 Å². The standard InChI is InChI=1S/C21H37N5O2/c1-7-22-19(25(6)16-18-11-9-12-24(18)5)23-14-17-10-8-13-26(15-17)20(27)28-21(2,3)4/h9,11-12,17H,7-8,10,13-16H2,1-6H3,(H,22,23).